The Bertz CT molecular complexity index is 985. The summed E-state index contributed by atoms with van der Waals surface area (Å²) in [5.74, 6) is 2.54. The molecule has 2 aromatic rings. The van der Waals surface area contributed by atoms with E-state index in [0.717, 1.165) is 56.4 Å². The summed E-state index contributed by atoms with van der Waals surface area (Å²) in [4.78, 5) is 5.07. The van der Waals surface area contributed by atoms with Gasteiger partial charge in [-0.2, -0.15) is 0 Å². The number of nitrogens with zero attached hydrogens (tertiary/aromatic N) is 2. The molecule has 1 atom stereocenters. The monoisotopic (exact) mass is 451 g/mol. The molecule has 0 bridgehead atoms. The summed E-state index contributed by atoms with van der Waals surface area (Å²) in [6, 6.07) is 14.1. The Hall–Kier alpha value is -2.44. The lowest BCUT2D eigenvalue weighted by Crippen LogP contribution is -2.42. The van der Waals surface area contributed by atoms with Crippen molar-refractivity contribution in [2.45, 2.75) is 51.6 Å². The number of anilines is 1. The number of hydrogen-bond donors (Lipinski definition) is 1. The molecule has 3 aliphatic heterocycles. The van der Waals surface area contributed by atoms with Gasteiger partial charge in [-0.1, -0.05) is 18.2 Å². The van der Waals surface area contributed by atoms with Crippen LogP contribution in [0.1, 0.15) is 45.2 Å². The van der Waals surface area contributed by atoms with Crippen molar-refractivity contribution in [1.82, 2.24) is 10.2 Å². The van der Waals surface area contributed by atoms with E-state index in [4.69, 9.17) is 14.2 Å². The summed E-state index contributed by atoms with van der Waals surface area (Å²) in [6.45, 7) is 15.2. The Balaban J connectivity index is 1.23. The lowest BCUT2D eigenvalue weighted by Gasteiger charge is -2.30. The third kappa shape index (κ3) is 4.04. The zero-order valence-electron chi connectivity index (χ0n) is 20.4. The molecule has 0 fully saturated rings. The molecule has 6 nitrogen and oxygen atoms in total. The minimum absolute atomic E-state index is 0.143. The van der Waals surface area contributed by atoms with Gasteiger partial charge in [-0.25, -0.2) is 0 Å². The van der Waals surface area contributed by atoms with Gasteiger partial charge in [0, 0.05) is 55.6 Å². The first kappa shape index (κ1) is 22.4. The first-order chi connectivity index (χ1) is 16.0. The average molecular weight is 452 g/mol. The Labute approximate surface area is 197 Å². The highest BCUT2D eigenvalue weighted by molar-refractivity contribution is 5.70. The molecule has 33 heavy (non-hydrogen) atoms. The molecule has 0 aliphatic carbocycles. The van der Waals surface area contributed by atoms with Crippen LogP contribution in [0.3, 0.4) is 0 Å². The van der Waals surface area contributed by atoms with E-state index in [-0.39, 0.29) is 12.2 Å². The molecular weight excluding hydrogens is 414 g/mol. The Morgan fingerprint density at radius 1 is 0.939 bits per heavy atom. The SMILES string of the molecule is CC(C)N(CCNCCCN1CC2(COc3cc4c(cc32)OCO4)c2ccccc21)C(C)C. The topological polar surface area (TPSA) is 46.2 Å². The fourth-order valence-electron chi connectivity index (χ4n) is 5.74. The molecule has 1 unspecified atom stereocenters. The van der Waals surface area contributed by atoms with Crippen LogP contribution in [0.4, 0.5) is 5.69 Å². The Morgan fingerprint density at radius 2 is 1.70 bits per heavy atom. The number of ether oxygens (including phenoxy) is 3. The quantitative estimate of drug-likeness (QED) is 0.582. The number of hydrogen-bond acceptors (Lipinski definition) is 6. The van der Waals surface area contributed by atoms with Gasteiger partial charge in [0.1, 0.15) is 12.4 Å². The Kier molecular flexibility index (Phi) is 6.14. The predicted molar refractivity (Wildman–Crippen MR) is 132 cm³/mol. The highest BCUT2D eigenvalue weighted by Gasteiger charge is 2.50. The minimum atomic E-state index is -0.143. The van der Waals surface area contributed by atoms with Crippen molar-refractivity contribution in [1.29, 1.82) is 0 Å². The van der Waals surface area contributed by atoms with E-state index in [1.807, 2.05) is 6.07 Å². The number of rotatable bonds is 9. The fourth-order valence-corrected chi connectivity index (χ4v) is 5.74. The summed E-state index contributed by atoms with van der Waals surface area (Å²) in [5, 5.41) is 3.66. The van der Waals surface area contributed by atoms with E-state index < -0.39 is 0 Å². The number of para-hydroxylation sites is 1. The summed E-state index contributed by atoms with van der Waals surface area (Å²) in [5.41, 5.74) is 3.77. The summed E-state index contributed by atoms with van der Waals surface area (Å²) >= 11 is 0. The number of fused-ring (bicyclic) bond motifs is 5. The maximum Gasteiger partial charge on any atom is 0.231 e. The second-order valence-electron chi connectivity index (χ2n) is 10.0. The van der Waals surface area contributed by atoms with Crippen molar-refractivity contribution >= 4 is 5.69 Å². The van der Waals surface area contributed by atoms with Gasteiger partial charge in [0.25, 0.3) is 0 Å². The molecule has 0 saturated heterocycles. The smallest absolute Gasteiger partial charge is 0.231 e. The highest BCUT2D eigenvalue weighted by atomic mass is 16.7. The second kappa shape index (κ2) is 9.07. The molecule has 2 aromatic carbocycles. The molecule has 0 amide bonds. The van der Waals surface area contributed by atoms with Crippen LogP contribution in [-0.2, 0) is 5.41 Å². The average Bonchev–Trinajstić information content (AvgIpc) is 3.48. The lowest BCUT2D eigenvalue weighted by molar-refractivity contribution is 0.173. The number of nitrogens with one attached hydrogen (secondary N) is 1. The molecule has 0 radical (unpaired) electrons. The first-order valence-electron chi connectivity index (χ1n) is 12.4. The maximum absolute atomic E-state index is 6.21. The van der Waals surface area contributed by atoms with Gasteiger partial charge in [0.15, 0.2) is 11.5 Å². The molecule has 1 spiro atoms. The van der Waals surface area contributed by atoms with Crippen molar-refractivity contribution in [2.75, 3.05) is 51.0 Å². The van der Waals surface area contributed by atoms with Gasteiger partial charge in [-0.05, 0) is 58.4 Å². The minimum Gasteiger partial charge on any atom is -0.492 e. The largest absolute Gasteiger partial charge is 0.492 e. The van der Waals surface area contributed by atoms with Crippen molar-refractivity contribution in [3.05, 3.63) is 47.5 Å². The summed E-state index contributed by atoms with van der Waals surface area (Å²) in [6.07, 6.45) is 1.11. The Morgan fingerprint density at radius 3 is 2.48 bits per heavy atom. The van der Waals surface area contributed by atoms with Gasteiger partial charge in [-0.15, -0.1) is 0 Å². The molecule has 0 aromatic heterocycles. The molecule has 0 saturated carbocycles. The van der Waals surface area contributed by atoms with Crippen molar-refractivity contribution in [3.63, 3.8) is 0 Å². The van der Waals surface area contributed by atoms with Crippen molar-refractivity contribution in [2.24, 2.45) is 0 Å². The fraction of sp³-hybridized carbons (Fsp3) is 0.556. The van der Waals surface area contributed by atoms with Crippen LogP contribution >= 0.6 is 0 Å². The molecule has 6 heteroatoms. The zero-order valence-corrected chi connectivity index (χ0v) is 20.4. The third-order valence-corrected chi connectivity index (χ3v) is 7.34. The second-order valence-corrected chi connectivity index (χ2v) is 10.0. The van der Waals surface area contributed by atoms with Gasteiger partial charge in [0.2, 0.25) is 6.79 Å². The van der Waals surface area contributed by atoms with Gasteiger partial charge < -0.3 is 24.4 Å². The lowest BCUT2D eigenvalue weighted by atomic mass is 9.77. The van der Waals surface area contributed by atoms with E-state index in [1.54, 1.807) is 0 Å². The van der Waals surface area contributed by atoms with Crippen LogP contribution in [0.5, 0.6) is 17.2 Å². The van der Waals surface area contributed by atoms with Crippen LogP contribution in [0.15, 0.2) is 36.4 Å². The molecular formula is C27H37N3O3. The van der Waals surface area contributed by atoms with Crippen molar-refractivity contribution < 1.29 is 14.2 Å². The molecule has 3 aliphatic rings. The summed E-state index contributed by atoms with van der Waals surface area (Å²) in [7, 11) is 0. The highest BCUT2D eigenvalue weighted by Crippen LogP contribution is 2.54. The van der Waals surface area contributed by atoms with Crippen LogP contribution < -0.4 is 24.4 Å². The van der Waals surface area contributed by atoms with Crippen LogP contribution in [0, 0.1) is 0 Å². The van der Waals surface area contributed by atoms with Gasteiger partial charge >= 0.3 is 0 Å². The zero-order chi connectivity index (χ0) is 23.0. The van der Waals surface area contributed by atoms with Crippen LogP contribution in [0.2, 0.25) is 0 Å². The van der Waals surface area contributed by atoms with Gasteiger partial charge in [0.05, 0.1) is 5.41 Å². The maximum atomic E-state index is 6.21. The van der Waals surface area contributed by atoms with Crippen molar-refractivity contribution in [3.8, 4) is 17.2 Å². The van der Waals surface area contributed by atoms with E-state index in [2.05, 4.69) is 73.1 Å². The molecule has 178 valence electrons. The van der Waals surface area contributed by atoms with Crippen LogP contribution in [-0.4, -0.2) is 63.1 Å². The molecule has 3 heterocycles. The van der Waals surface area contributed by atoms with E-state index in [1.165, 1.54) is 16.8 Å². The first-order valence-corrected chi connectivity index (χ1v) is 12.4. The van der Waals surface area contributed by atoms with Crippen LogP contribution in [0.25, 0.3) is 0 Å². The summed E-state index contributed by atoms with van der Waals surface area (Å²) < 4.78 is 17.5. The normalized spacial score (nSPS) is 20.3. The number of benzene rings is 2. The standard InChI is InChI=1S/C27H37N3O3/c1-19(2)30(20(3)4)13-11-28-10-7-12-29-16-27(21-8-5-6-9-23(21)29)17-31-24-15-26-25(14-22(24)27)32-18-33-26/h5-6,8-9,14-15,19-20,28H,7,10-13,16-18H2,1-4H3. The third-order valence-electron chi connectivity index (χ3n) is 7.34. The van der Waals surface area contributed by atoms with Gasteiger partial charge in [-0.3, -0.25) is 4.90 Å². The van der Waals surface area contributed by atoms with E-state index in [0.29, 0.717) is 18.7 Å². The van der Waals surface area contributed by atoms with E-state index in [9.17, 15) is 0 Å². The molecule has 1 N–H and O–H groups in total. The van der Waals surface area contributed by atoms with E-state index >= 15 is 0 Å². The predicted octanol–water partition coefficient (Wildman–Crippen LogP) is 4.01. The molecule has 5 rings (SSSR count).